The number of hydrogen-bond donors (Lipinski definition) is 1. The summed E-state index contributed by atoms with van der Waals surface area (Å²) < 4.78 is 32.2. The van der Waals surface area contributed by atoms with E-state index in [1.54, 1.807) is 32.4 Å². The summed E-state index contributed by atoms with van der Waals surface area (Å²) in [6.07, 6.45) is 5.81. The van der Waals surface area contributed by atoms with Crippen LogP contribution in [0, 0.1) is 0 Å². The summed E-state index contributed by atoms with van der Waals surface area (Å²) >= 11 is 0. The fourth-order valence-corrected chi connectivity index (χ4v) is 4.59. The first-order valence-corrected chi connectivity index (χ1v) is 10.3. The number of benzene rings is 1. The second kappa shape index (κ2) is 9.31. The lowest BCUT2D eigenvalue weighted by Crippen LogP contribution is -2.38. The van der Waals surface area contributed by atoms with Gasteiger partial charge in [0.25, 0.3) is 5.91 Å². The Balaban J connectivity index is 2.09. The van der Waals surface area contributed by atoms with Gasteiger partial charge in [-0.2, -0.15) is 4.31 Å². The zero-order valence-corrected chi connectivity index (χ0v) is 15.8. The molecular formula is C18H28N2O4S. The highest BCUT2D eigenvalue weighted by atomic mass is 32.2. The number of sulfonamides is 1. The molecule has 0 spiro atoms. The van der Waals surface area contributed by atoms with Crippen LogP contribution in [0.3, 0.4) is 0 Å². The second-order valence-electron chi connectivity index (χ2n) is 6.44. The number of amides is 1. The first-order valence-electron chi connectivity index (χ1n) is 8.82. The van der Waals surface area contributed by atoms with Gasteiger partial charge in [0.2, 0.25) is 10.0 Å². The molecule has 6 nitrogen and oxygen atoms in total. The smallest absolute Gasteiger partial charge is 0.251 e. The Morgan fingerprint density at radius 1 is 1.28 bits per heavy atom. The van der Waals surface area contributed by atoms with Crippen molar-refractivity contribution < 1.29 is 17.9 Å². The molecule has 2 rings (SSSR count). The predicted molar refractivity (Wildman–Crippen MR) is 97.1 cm³/mol. The van der Waals surface area contributed by atoms with Crippen molar-refractivity contribution in [1.82, 2.24) is 9.62 Å². The number of nitrogens with zero attached hydrogens (tertiary/aromatic N) is 1. The van der Waals surface area contributed by atoms with Crippen molar-refractivity contribution in [2.45, 2.75) is 49.5 Å². The van der Waals surface area contributed by atoms with E-state index >= 15 is 0 Å². The minimum absolute atomic E-state index is 0.0466. The monoisotopic (exact) mass is 368 g/mol. The third kappa shape index (κ3) is 5.26. The maximum atomic E-state index is 12.9. The maximum absolute atomic E-state index is 12.9. The van der Waals surface area contributed by atoms with Crippen LogP contribution in [0.5, 0.6) is 0 Å². The van der Waals surface area contributed by atoms with Crippen molar-refractivity contribution in [3.8, 4) is 0 Å². The van der Waals surface area contributed by atoms with Gasteiger partial charge < -0.3 is 10.1 Å². The molecule has 0 aliphatic heterocycles. The van der Waals surface area contributed by atoms with Gasteiger partial charge in [0.15, 0.2) is 0 Å². The molecule has 1 aromatic rings. The number of hydrogen-bond acceptors (Lipinski definition) is 4. The van der Waals surface area contributed by atoms with Gasteiger partial charge in [-0.1, -0.05) is 25.3 Å². The van der Waals surface area contributed by atoms with Gasteiger partial charge in [0.05, 0.1) is 4.90 Å². The number of methoxy groups -OCH3 is 1. The number of carbonyl (C=O) groups excluding carboxylic acids is 1. The van der Waals surface area contributed by atoms with Crippen molar-refractivity contribution in [1.29, 1.82) is 0 Å². The standard InChI is InChI=1S/C18H28N2O4S/c1-20(16-9-4-3-5-10-16)25(22,23)17-11-6-8-15(14-17)18(21)19-12-7-13-24-2/h6,8,11,14,16H,3-5,7,9-10,12-13H2,1-2H3,(H,19,21). The Morgan fingerprint density at radius 2 is 2.00 bits per heavy atom. The topological polar surface area (TPSA) is 75.7 Å². The molecule has 1 aromatic carbocycles. The van der Waals surface area contributed by atoms with Crippen LogP contribution >= 0.6 is 0 Å². The van der Waals surface area contributed by atoms with Crippen LogP contribution in [-0.2, 0) is 14.8 Å². The van der Waals surface area contributed by atoms with Crippen molar-refractivity contribution in [2.24, 2.45) is 0 Å². The number of rotatable bonds is 8. The molecule has 0 heterocycles. The Morgan fingerprint density at radius 3 is 2.68 bits per heavy atom. The van der Waals surface area contributed by atoms with E-state index < -0.39 is 10.0 Å². The quantitative estimate of drug-likeness (QED) is 0.715. The SMILES string of the molecule is COCCCNC(=O)c1cccc(S(=O)(=O)N(C)C2CCCCC2)c1. The third-order valence-corrected chi connectivity index (χ3v) is 6.58. The molecule has 1 fully saturated rings. The summed E-state index contributed by atoms with van der Waals surface area (Å²) in [6, 6.07) is 6.30. The normalized spacial score (nSPS) is 16.1. The predicted octanol–water partition coefficient (Wildman–Crippen LogP) is 2.41. The molecule has 0 atom stereocenters. The van der Waals surface area contributed by atoms with Gasteiger partial charge in [-0.15, -0.1) is 0 Å². The molecule has 1 saturated carbocycles. The van der Waals surface area contributed by atoms with Crippen LogP contribution in [0.15, 0.2) is 29.2 Å². The molecule has 0 bridgehead atoms. The summed E-state index contributed by atoms with van der Waals surface area (Å²) in [5.41, 5.74) is 0.357. The van der Waals surface area contributed by atoms with E-state index in [2.05, 4.69) is 5.32 Å². The Labute approximate surface area is 150 Å². The van der Waals surface area contributed by atoms with Crippen LogP contribution in [-0.4, -0.2) is 52.0 Å². The van der Waals surface area contributed by atoms with E-state index in [1.165, 1.54) is 16.8 Å². The van der Waals surface area contributed by atoms with E-state index in [0.29, 0.717) is 25.1 Å². The zero-order chi connectivity index (χ0) is 18.3. The molecule has 1 aliphatic rings. The minimum Gasteiger partial charge on any atom is -0.385 e. The van der Waals surface area contributed by atoms with Crippen LogP contribution in [0.1, 0.15) is 48.9 Å². The lowest BCUT2D eigenvalue weighted by atomic mass is 9.96. The summed E-state index contributed by atoms with van der Waals surface area (Å²) in [7, 11) is -0.339. The minimum atomic E-state index is -3.59. The average molecular weight is 368 g/mol. The molecule has 0 saturated heterocycles. The molecule has 25 heavy (non-hydrogen) atoms. The first kappa shape index (κ1) is 19.9. The highest BCUT2D eigenvalue weighted by Crippen LogP contribution is 2.26. The van der Waals surface area contributed by atoms with Crippen molar-refractivity contribution >= 4 is 15.9 Å². The van der Waals surface area contributed by atoms with Gasteiger partial charge in [0.1, 0.15) is 0 Å². The van der Waals surface area contributed by atoms with Gasteiger partial charge >= 0.3 is 0 Å². The Hall–Kier alpha value is -1.44. The van der Waals surface area contributed by atoms with Gasteiger partial charge in [0, 0.05) is 38.9 Å². The third-order valence-electron chi connectivity index (χ3n) is 4.67. The average Bonchev–Trinajstić information content (AvgIpc) is 2.65. The van der Waals surface area contributed by atoms with Crippen LogP contribution < -0.4 is 5.32 Å². The van der Waals surface area contributed by atoms with Crippen molar-refractivity contribution in [3.05, 3.63) is 29.8 Å². The van der Waals surface area contributed by atoms with E-state index in [0.717, 1.165) is 25.7 Å². The van der Waals surface area contributed by atoms with Crippen LogP contribution in [0.2, 0.25) is 0 Å². The summed E-state index contributed by atoms with van der Waals surface area (Å²) in [6.45, 7) is 1.06. The van der Waals surface area contributed by atoms with Gasteiger partial charge in [-0.25, -0.2) is 8.42 Å². The Bertz CT molecular complexity index is 669. The summed E-state index contributed by atoms with van der Waals surface area (Å²) in [4.78, 5) is 12.4. The number of carbonyl (C=O) groups is 1. The fraction of sp³-hybridized carbons (Fsp3) is 0.611. The molecule has 140 valence electrons. The van der Waals surface area contributed by atoms with Gasteiger partial charge in [-0.3, -0.25) is 4.79 Å². The second-order valence-corrected chi connectivity index (χ2v) is 8.44. The summed E-state index contributed by atoms with van der Waals surface area (Å²) in [5.74, 6) is -0.270. The molecule has 1 N–H and O–H groups in total. The molecule has 0 radical (unpaired) electrons. The lowest BCUT2D eigenvalue weighted by Gasteiger charge is -2.30. The van der Waals surface area contributed by atoms with E-state index in [9.17, 15) is 13.2 Å². The fourth-order valence-electron chi connectivity index (χ4n) is 3.13. The Kier molecular flexibility index (Phi) is 7.40. The lowest BCUT2D eigenvalue weighted by molar-refractivity contribution is 0.0948. The van der Waals surface area contributed by atoms with E-state index in [1.807, 2.05) is 0 Å². The van der Waals surface area contributed by atoms with Crippen LogP contribution in [0.4, 0.5) is 0 Å². The first-order chi connectivity index (χ1) is 12.0. The van der Waals surface area contributed by atoms with E-state index in [-0.39, 0.29) is 16.8 Å². The molecule has 1 amide bonds. The highest BCUT2D eigenvalue weighted by Gasteiger charge is 2.29. The highest BCUT2D eigenvalue weighted by molar-refractivity contribution is 7.89. The van der Waals surface area contributed by atoms with Gasteiger partial charge in [-0.05, 0) is 37.5 Å². The van der Waals surface area contributed by atoms with Crippen LogP contribution in [0.25, 0.3) is 0 Å². The largest absolute Gasteiger partial charge is 0.385 e. The zero-order valence-electron chi connectivity index (χ0n) is 15.0. The summed E-state index contributed by atoms with van der Waals surface area (Å²) in [5, 5.41) is 2.78. The van der Waals surface area contributed by atoms with Crippen molar-refractivity contribution in [3.63, 3.8) is 0 Å². The molecule has 1 aliphatic carbocycles. The van der Waals surface area contributed by atoms with E-state index in [4.69, 9.17) is 4.74 Å². The number of ether oxygens (including phenoxy) is 1. The molecule has 0 aromatic heterocycles. The molecule has 7 heteroatoms. The molecular weight excluding hydrogens is 340 g/mol. The number of nitrogens with one attached hydrogen (secondary N) is 1. The molecule has 0 unspecified atom stereocenters. The maximum Gasteiger partial charge on any atom is 0.251 e. The van der Waals surface area contributed by atoms with Crippen molar-refractivity contribution in [2.75, 3.05) is 27.3 Å².